The van der Waals surface area contributed by atoms with Crippen molar-refractivity contribution in [2.24, 2.45) is 0 Å². The molecular formula is C21H17FN2O2S. The fraction of sp³-hybridized carbons (Fsp3) is 0.143. The van der Waals surface area contributed by atoms with Crippen LogP contribution in [0.5, 0.6) is 11.5 Å². The topological polar surface area (TPSA) is 55.1 Å². The molecule has 0 aliphatic carbocycles. The molecular weight excluding hydrogens is 363 g/mol. The summed E-state index contributed by atoms with van der Waals surface area (Å²) in [5, 5.41) is 12.0. The van der Waals surface area contributed by atoms with Gasteiger partial charge in [0.25, 0.3) is 0 Å². The first-order valence-corrected chi connectivity index (χ1v) is 9.17. The van der Waals surface area contributed by atoms with Crippen molar-refractivity contribution in [1.82, 2.24) is 4.98 Å². The van der Waals surface area contributed by atoms with Crippen molar-refractivity contribution in [2.75, 3.05) is 13.7 Å². The Labute approximate surface area is 161 Å². The molecule has 2 aromatic carbocycles. The van der Waals surface area contributed by atoms with Crippen LogP contribution in [0.2, 0.25) is 0 Å². The lowest BCUT2D eigenvalue weighted by molar-refractivity contribution is 0.311. The first kappa shape index (κ1) is 18.6. The highest BCUT2D eigenvalue weighted by atomic mass is 32.1. The predicted octanol–water partition coefficient (Wildman–Crippen LogP) is 5.42. The van der Waals surface area contributed by atoms with E-state index in [9.17, 15) is 9.65 Å². The van der Waals surface area contributed by atoms with Gasteiger partial charge in [-0.05, 0) is 55.0 Å². The molecule has 1 aromatic heterocycles. The van der Waals surface area contributed by atoms with Crippen molar-refractivity contribution in [1.29, 1.82) is 5.26 Å². The summed E-state index contributed by atoms with van der Waals surface area (Å²) in [4.78, 5) is 4.52. The largest absolute Gasteiger partial charge is 0.493 e. The Morgan fingerprint density at radius 3 is 2.67 bits per heavy atom. The van der Waals surface area contributed by atoms with Crippen LogP contribution in [0.25, 0.3) is 22.9 Å². The van der Waals surface area contributed by atoms with E-state index >= 15 is 0 Å². The van der Waals surface area contributed by atoms with E-state index in [1.54, 1.807) is 31.4 Å². The van der Waals surface area contributed by atoms with E-state index in [4.69, 9.17) is 9.47 Å². The first-order chi connectivity index (χ1) is 13.1. The molecule has 1 heterocycles. The third-order valence-electron chi connectivity index (χ3n) is 3.79. The zero-order valence-electron chi connectivity index (χ0n) is 14.9. The molecule has 3 aromatic rings. The van der Waals surface area contributed by atoms with E-state index in [2.05, 4.69) is 11.1 Å². The molecule has 0 aliphatic heterocycles. The molecule has 27 heavy (non-hydrogen) atoms. The van der Waals surface area contributed by atoms with Gasteiger partial charge in [-0.1, -0.05) is 6.07 Å². The molecule has 0 fully saturated rings. The lowest BCUT2D eigenvalue weighted by atomic mass is 10.1. The zero-order chi connectivity index (χ0) is 19.2. The molecule has 0 aliphatic rings. The smallest absolute Gasteiger partial charge is 0.161 e. The number of hydrogen-bond acceptors (Lipinski definition) is 5. The van der Waals surface area contributed by atoms with E-state index < -0.39 is 0 Å². The number of halogens is 1. The summed E-state index contributed by atoms with van der Waals surface area (Å²) in [6, 6.07) is 13.8. The number of hydrogen-bond donors (Lipinski definition) is 0. The van der Waals surface area contributed by atoms with Crippen LogP contribution in [0.4, 0.5) is 4.39 Å². The fourth-order valence-electron chi connectivity index (χ4n) is 2.51. The summed E-state index contributed by atoms with van der Waals surface area (Å²) >= 11 is 1.37. The molecule has 0 amide bonds. The number of aromatic nitrogens is 1. The fourth-order valence-corrected chi connectivity index (χ4v) is 3.31. The molecule has 0 saturated heterocycles. The van der Waals surface area contributed by atoms with Crippen molar-refractivity contribution in [3.05, 3.63) is 64.2 Å². The van der Waals surface area contributed by atoms with Crippen LogP contribution in [0.1, 0.15) is 17.5 Å². The first-order valence-electron chi connectivity index (χ1n) is 8.29. The Morgan fingerprint density at radius 2 is 2.00 bits per heavy atom. The van der Waals surface area contributed by atoms with Crippen molar-refractivity contribution < 1.29 is 13.9 Å². The monoisotopic (exact) mass is 380 g/mol. The Kier molecular flexibility index (Phi) is 5.84. The summed E-state index contributed by atoms with van der Waals surface area (Å²) in [6.07, 6.45) is 1.76. The van der Waals surface area contributed by atoms with E-state index in [1.807, 2.05) is 24.4 Å². The number of nitrogens with zero attached hydrogens (tertiary/aromatic N) is 2. The second-order valence-electron chi connectivity index (χ2n) is 5.56. The van der Waals surface area contributed by atoms with Gasteiger partial charge in [-0.25, -0.2) is 9.37 Å². The van der Waals surface area contributed by atoms with Crippen molar-refractivity contribution in [2.45, 2.75) is 6.92 Å². The molecule has 0 spiro atoms. The molecule has 4 nitrogen and oxygen atoms in total. The van der Waals surface area contributed by atoms with Crippen molar-refractivity contribution in [3.8, 4) is 28.8 Å². The van der Waals surface area contributed by atoms with E-state index in [-0.39, 0.29) is 5.82 Å². The summed E-state index contributed by atoms with van der Waals surface area (Å²) < 4.78 is 23.9. The van der Waals surface area contributed by atoms with E-state index in [0.717, 1.165) is 11.1 Å². The summed E-state index contributed by atoms with van der Waals surface area (Å²) in [7, 11) is 1.58. The lowest BCUT2D eigenvalue weighted by Crippen LogP contribution is -1.95. The summed E-state index contributed by atoms with van der Waals surface area (Å²) in [6.45, 7) is 2.41. The van der Waals surface area contributed by atoms with Crippen LogP contribution >= 0.6 is 11.3 Å². The van der Waals surface area contributed by atoms with Gasteiger partial charge in [0.1, 0.15) is 16.9 Å². The third-order valence-corrected chi connectivity index (χ3v) is 4.67. The molecule has 0 radical (unpaired) electrons. The molecule has 3 rings (SSSR count). The number of ether oxygens (including phenoxy) is 2. The quantitative estimate of drug-likeness (QED) is 0.536. The van der Waals surface area contributed by atoms with Crippen molar-refractivity contribution in [3.63, 3.8) is 0 Å². The Morgan fingerprint density at radius 1 is 1.22 bits per heavy atom. The molecule has 0 atom stereocenters. The Balaban J connectivity index is 1.92. The van der Waals surface area contributed by atoms with Gasteiger partial charge in [0.15, 0.2) is 11.5 Å². The number of thiazole rings is 1. The predicted molar refractivity (Wildman–Crippen MR) is 105 cm³/mol. The Hall–Kier alpha value is -3.17. The highest BCUT2D eigenvalue weighted by Crippen LogP contribution is 2.31. The average Bonchev–Trinajstić information content (AvgIpc) is 3.17. The van der Waals surface area contributed by atoms with Gasteiger partial charge in [-0.3, -0.25) is 0 Å². The normalized spacial score (nSPS) is 11.1. The summed E-state index contributed by atoms with van der Waals surface area (Å²) in [5.41, 5.74) is 2.77. The number of nitriles is 1. The van der Waals surface area contributed by atoms with Crippen LogP contribution in [-0.2, 0) is 0 Å². The molecule has 0 saturated carbocycles. The maximum absolute atomic E-state index is 13.1. The molecule has 0 bridgehead atoms. The second kappa shape index (κ2) is 8.47. The third kappa shape index (κ3) is 4.33. The van der Waals surface area contributed by atoms with Gasteiger partial charge in [0.2, 0.25) is 0 Å². The van der Waals surface area contributed by atoms with Crippen LogP contribution in [-0.4, -0.2) is 18.7 Å². The zero-order valence-corrected chi connectivity index (χ0v) is 15.7. The van der Waals surface area contributed by atoms with Gasteiger partial charge in [-0.15, -0.1) is 11.3 Å². The van der Waals surface area contributed by atoms with Gasteiger partial charge >= 0.3 is 0 Å². The standard InChI is InChI=1S/C21H17FN2O2S/c1-3-26-20-11-14(4-9-19(20)25-2)10-16(12-23)21-24-18(13-27-21)15-5-7-17(22)8-6-15/h4-11,13H,3H2,1-2H3/b16-10+. The highest BCUT2D eigenvalue weighted by Gasteiger charge is 2.11. The minimum absolute atomic E-state index is 0.295. The van der Waals surface area contributed by atoms with Crippen LogP contribution in [0.3, 0.4) is 0 Å². The molecule has 136 valence electrons. The SMILES string of the molecule is CCOc1cc(/C=C(\C#N)c2nc(-c3ccc(F)cc3)cs2)ccc1OC. The van der Waals surface area contributed by atoms with E-state index in [0.29, 0.717) is 34.4 Å². The molecule has 6 heteroatoms. The minimum atomic E-state index is -0.295. The van der Waals surface area contributed by atoms with Crippen molar-refractivity contribution >= 4 is 23.0 Å². The number of methoxy groups -OCH3 is 1. The number of benzene rings is 2. The van der Waals surface area contributed by atoms with Gasteiger partial charge in [0.05, 0.1) is 25.0 Å². The molecule has 0 N–H and O–H groups in total. The van der Waals surface area contributed by atoms with Crippen LogP contribution < -0.4 is 9.47 Å². The van der Waals surface area contributed by atoms with Crippen LogP contribution in [0, 0.1) is 17.1 Å². The summed E-state index contributed by atoms with van der Waals surface area (Å²) in [5.74, 6) is 0.967. The number of allylic oxidation sites excluding steroid dienone is 1. The van der Waals surface area contributed by atoms with Gasteiger partial charge < -0.3 is 9.47 Å². The Bertz CT molecular complexity index is 1000. The maximum atomic E-state index is 13.1. The number of rotatable bonds is 6. The maximum Gasteiger partial charge on any atom is 0.161 e. The van der Waals surface area contributed by atoms with Gasteiger partial charge in [0, 0.05) is 10.9 Å². The lowest BCUT2D eigenvalue weighted by Gasteiger charge is -2.09. The minimum Gasteiger partial charge on any atom is -0.493 e. The van der Waals surface area contributed by atoms with E-state index in [1.165, 1.54) is 23.5 Å². The molecule has 0 unspecified atom stereocenters. The second-order valence-corrected chi connectivity index (χ2v) is 6.42. The van der Waals surface area contributed by atoms with Crippen LogP contribution in [0.15, 0.2) is 47.8 Å². The average molecular weight is 380 g/mol. The highest BCUT2D eigenvalue weighted by molar-refractivity contribution is 7.11. The van der Waals surface area contributed by atoms with Gasteiger partial charge in [-0.2, -0.15) is 5.26 Å².